The maximum absolute atomic E-state index is 7.79. The van der Waals surface area contributed by atoms with Gasteiger partial charge in [-0.2, -0.15) is 0 Å². The zero-order valence-corrected chi connectivity index (χ0v) is 19.6. The number of rotatable bonds is 6. The Hall–Kier alpha value is -2.43. The Balaban J connectivity index is 2.44. The highest BCUT2D eigenvalue weighted by atomic mass is 35.6. The molecule has 3 rings (SSSR count). The van der Waals surface area contributed by atoms with Crippen molar-refractivity contribution in [2.45, 2.75) is 20.8 Å². The Morgan fingerprint density at radius 1 is 0.552 bits per heavy atom. The highest BCUT2D eigenvalue weighted by molar-refractivity contribution is 7.40. The minimum absolute atomic E-state index is 0.834. The van der Waals surface area contributed by atoms with E-state index in [1.54, 1.807) is 21.3 Å². The molecule has 0 spiro atoms. The summed E-state index contributed by atoms with van der Waals surface area (Å²) in [7, 11) is 2.15. The van der Waals surface area contributed by atoms with Gasteiger partial charge >= 0.3 is 0 Å². The van der Waals surface area contributed by atoms with Crippen molar-refractivity contribution in [3.05, 3.63) is 71.3 Å². The van der Waals surface area contributed by atoms with Crippen molar-refractivity contribution < 1.29 is 14.2 Å². The summed E-state index contributed by atoms with van der Waals surface area (Å²) in [5.41, 5.74) is 3.17. The van der Waals surface area contributed by atoms with Crippen molar-refractivity contribution in [3.8, 4) is 17.2 Å². The number of hydrogen-bond acceptors (Lipinski definition) is 3. The summed E-state index contributed by atoms with van der Waals surface area (Å²) in [5.74, 6) is 2.50. The maximum Gasteiger partial charge on any atom is 0.249 e. The van der Waals surface area contributed by atoms with E-state index >= 15 is 0 Å². The Bertz CT molecular complexity index is 903. The van der Waals surface area contributed by atoms with E-state index in [1.165, 1.54) is 0 Å². The Kier molecular flexibility index (Phi) is 6.25. The molecule has 152 valence electrons. The van der Waals surface area contributed by atoms with Gasteiger partial charge in [0.2, 0.25) is 7.38 Å². The molecule has 0 N–H and O–H groups in total. The lowest BCUT2D eigenvalue weighted by atomic mass is 10.2. The van der Waals surface area contributed by atoms with Gasteiger partial charge in [-0.3, -0.25) is 0 Å². The van der Waals surface area contributed by atoms with Crippen LogP contribution >= 0.6 is 11.1 Å². The van der Waals surface area contributed by atoms with Crippen LogP contribution in [-0.2, 0) is 0 Å². The fraction of sp³-hybridized carbons (Fsp3) is 0.250. The first-order chi connectivity index (χ1) is 13.9. The van der Waals surface area contributed by atoms with Crippen molar-refractivity contribution in [3.63, 3.8) is 0 Å². The molecule has 5 heteroatoms. The molecule has 0 aliphatic carbocycles. The van der Waals surface area contributed by atoms with Crippen LogP contribution in [0.5, 0.6) is 17.2 Å². The molecule has 0 fully saturated rings. The molecule has 0 atom stereocenters. The van der Waals surface area contributed by atoms with E-state index in [1.807, 2.05) is 36.4 Å². The van der Waals surface area contributed by atoms with Crippen molar-refractivity contribution in [2.24, 2.45) is 0 Å². The molecule has 0 bridgehead atoms. The molecule has 0 saturated heterocycles. The monoisotopic (exact) mass is 426 g/mol. The van der Waals surface area contributed by atoms with Gasteiger partial charge in [-0.05, 0) is 71.2 Å². The minimum Gasteiger partial charge on any atom is -0.496 e. The van der Waals surface area contributed by atoms with E-state index in [2.05, 4.69) is 39.0 Å². The zero-order valence-electron chi connectivity index (χ0n) is 17.8. The molecule has 0 radical (unpaired) electrons. The summed E-state index contributed by atoms with van der Waals surface area (Å²) in [6, 6.07) is 18.3. The Morgan fingerprint density at radius 2 is 0.828 bits per heavy atom. The highest BCUT2D eigenvalue weighted by Gasteiger charge is 2.42. The van der Waals surface area contributed by atoms with Gasteiger partial charge in [-0.1, -0.05) is 36.4 Å². The van der Waals surface area contributed by atoms with Crippen molar-refractivity contribution in [1.82, 2.24) is 0 Å². The highest BCUT2D eigenvalue weighted by Crippen LogP contribution is 2.27. The summed E-state index contributed by atoms with van der Waals surface area (Å²) in [6.07, 6.45) is 0. The number of halogens is 1. The van der Waals surface area contributed by atoms with Crippen molar-refractivity contribution in [2.75, 3.05) is 21.3 Å². The first kappa shape index (κ1) is 21.3. The quantitative estimate of drug-likeness (QED) is 0.340. The molecule has 3 aromatic rings. The average molecular weight is 427 g/mol. The fourth-order valence-corrected chi connectivity index (χ4v) is 9.67. The van der Waals surface area contributed by atoms with Crippen LogP contribution < -0.4 is 29.8 Å². The largest absolute Gasteiger partial charge is 0.496 e. The molecule has 3 aromatic carbocycles. The zero-order chi connectivity index (χ0) is 21.2. The average Bonchev–Trinajstić information content (AvgIpc) is 2.73. The first-order valence-corrected chi connectivity index (χ1v) is 12.5. The molecule has 0 unspecified atom stereocenters. The normalized spacial score (nSPS) is 11.3. The Labute approximate surface area is 178 Å². The fourth-order valence-electron chi connectivity index (χ4n) is 4.06. The smallest absolute Gasteiger partial charge is 0.249 e. The van der Waals surface area contributed by atoms with Crippen LogP contribution in [0.25, 0.3) is 0 Å². The van der Waals surface area contributed by atoms with Gasteiger partial charge in [0, 0.05) is 0 Å². The number of methoxy groups -OCH3 is 3. The molecular formula is C24H27ClO3Si. The number of benzene rings is 3. The second kappa shape index (κ2) is 8.52. The molecule has 0 amide bonds. The van der Waals surface area contributed by atoms with E-state index in [4.69, 9.17) is 25.3 Å². The molecule has 0 aliphatic rings. The number of hydrogen-bond donors (Lipinski definition) is 0. The maximum atomic E-state index is 7.79. The van der Waals surface area contributed by atoms with Crippen LogP contribution in [0.3, 0.4) is 0 Å². The van der Waals surface area contributed by atoms with Crippen LogP contribution in [0, 0.1) is 20.8 Å². The third kappa shape index (κ3) is 3.51. The van der Waals surface area contributed by atoms with Gasteiger partial charge in [0.1, 0.15) is 17.2 Å². The van der Waals surface area contributed by atoms with Crippen LogP contribution in [-0.4, -0.2) is 28.7 Å². The lowest BCUT2D eigenvalue weighted by Gasteiger charge is -2.32. The van der Waals surface area contributed by atoms with Crippen molar-refractivity contribution in [1.29, 1.82) is 0 Å². The standard InChI is InChI=1S/C24H27ClO3Si/c1-16-19(26-4)10-7-13-22(16)29(25,23-14-8-11-20(27-5)17(23)2)24-15-9-12-21(28-6)18(24)3/h7-15H,1-6H3. The van der Waals surface area contributed by atoms with Gasteiger partial charge in [0.15, 0.2) is 0 Å². The summed E-state index contributed by atoms with van der Waals surface area (Å²) in [6.45, 7) is 6.22. The minimum atomic E-state index is -2.92. The van der Waals surface area contributed by atoms with Gasteiger partial charge in [0.05, 0.1) is 21.3 Å². The molecular weight excluding hydrogens is 400 g/mol. The van der Waals surface area contributed by atoms with Crippen LogP contribution in [0.1, 0.15) is 16.7 Å². The second-order valence-corrected chi connectivity index (χ2v) is 11.7. The van der Waals surface area contributed by atoms with Crippen molar-refractivity contribution >= 4 is 34.0 Å². The third-order valence-electron chi connectivity index (χ3n) is 5.63. The molecule has 0 heterocycles. The van der Waals surface area contributed by atoms with E-state index < -0.39 is 7.38 Å². The summed E-state index contributed by atoms with van der Waals surface area (Å²) < 4.78 is 16.9. The molecule has 0 saturated carbocycles. The van der Waals surface area contributed by atoms with E-state index in [-0.39, 0.29) is 0 Å². The summed E-state index contributed by atoms with van der Waals surface area (Å²) in [4.78, 5) is 0. The molecule has 29 heavy (non-hydrogen) atoms. The van der Waals surface area contributed by atoms with E-state index in [0.717, 1.165) is 49.5 Å². The third-order valence-corrected chi connectivity index (χ3v) is 11.3. The lowest BCUT2D eigenvalue weighted by molar-refractivity contribution is 0.412. The SMILES string of the molecule is COc1cccc([Si](Cl)(c2cccc(OC)c2C)c2cccc(OC)c2C)c1C. The van der Waals surface area contributed by atoms with Gasteiger partial charge in [0.25, 0.3) is 0 Å². The van der Waals surface area contributed by atoms with Gasteiger partial charge in [-0.15, -0.1) is 11.1 Å². The Morgan fingerprint density at radius 3 is 1.07 bits per heavy atom. The predicted octanol–water partition coefficient (Wildman–Crippen LogP) is 3.84. The second-order valence-electron chi connectivity index (χ2n) is 7.06. The van der Waals surface area contributed by atoms with Gasteiger partial charge < -0.3 is 14.2 Å². The van der Waals surface area contributed by atoms with Gasteiger partial charge in [-0.25, -0.2) is 0 Å². The van der Waals surface area contributed by atoms with E-state index in [9.17, 15) is 0 Å². The topological polar surface area (TPSA) is 27.7 Å². The lowest BCUT2D eigenvalue weighted by Crippen LogP contribution is -2.65. The summed E-state index contributed by atoms with van der Waals surface area (Å²) >= 11 is 7.79. The van der Waals surface area contributed by atoms with Crippen LogP contribution in [0.4, 0.5) is 0 Å². The molecule has 0 aliphatic heterocycles. The molecule has 0 aromatic heterocycles. The van der Waals surface area contributed by atoms with Crippen LogP contribution in [0.15, 0.2) is 54.6 Å². The molecule has 3 nitrogen and oxygen atoms in total. The predicted molar refractivity (Wildman–Crippen MR) is 124 cm³/mol. The number of ether oxygens (including phenoxy) is 3. The first-order valence-electron chi connectivity index (χ1n) is 9.51. The van der Waals surface area contributed by atoms with E-state index in [0.29, 0.717) is 0 Å². The summed E-state index contributed by atoms with van der Waals surface area (Å²) in [5, 5.41) is 3.31. The van der Waals surface area contributed by atoms with Crippen LogP contribution in [0.2, 0.25) is 0 Å².